The molecule has 7 nitrogen and oxygen atoms in total. The van der Waals surface area contributed by atoms with Crippen LogP contribution in [0.4, 0.5) is 8.78 Å². The number of benzene rings is 2. The molecule has 2 aromatic carbocycles. The van der Waals surface area contributed by atoms with Crippen LogP contribution in [0, 0.1) is 18.6 Å². The van der Waals surface area contributed by atoms with Gasteiger partial charge in [-0.2, -0.15) is 9.61 Å². The van der Waals surface area contributed by atoms with Gasteiger partial charge in [-0.25, -0.2) is 13.8 Å². The Morgan fingerprint density at radius 2 is 1.30 bits per heavy atom. The highest BCUT2D eigenvalue weighted by molar-refractivity contribution is 5.99. The molecule has 0 unspecified atom stereocenters. The van der Waals surface area contributed by atoms with Crippen molar-refractivity contribution in [1.82, 2.24) is 24.8 Å². The largest absolute Gasteiger partial charge is 0.294 e. The second kappa shape index (κ2) is 7.86. The molecule has 2 aromatic heterocycles. The molecule has 0 saturated heterocycles. The van der Waals surface area contributed by atoms with Crippen LogP contribution >= 0.6 is 0 Å². The second-order valence-electron chi connectivity index (χ2n) is 6.68. The van der Waals surface area contributed by atoms with E-state index in [0.29, 0.717) is 17.0 Å². The molecule has 0 aliphatic rings. The van der Waals surface area contributed by atoms with Crippen molar-refractivity contribution in [1.29, 1.82) is 0 Å². The summed E-state index contributed by atoms with van der Waals surface area (Å²) in [4.78, 5) is 29.7. The van der Waals surface area contributed by atoms with Gasteiger partial charge in [0.2, 0.25) is 0 Å². The molecule has 0 radical (unpaired) electrons. The van der Waals surface area contributed by atoms with E-state index in [9.17, 15) is 18.4 Å². The molecule has 0 bridgehead atoms. The first-order valence-electron chi connectivity index (χ1n) is 9.06. The summed E-state index contributed by atoms with van der Waals surface area (Å²) in [6.45, 7) is 1.68. The monoisotopic (exact) mass is 407 g/mol. The summed E-state index contributed by atoms with van der Waals surface area (Å²) in [6.07, 6.45) is -0.286. The van der Waals surface area contributed by atoms with Crippen LogP contribution in [0.5, 0.6) is 0 Å². The van der Waals surface area contributed by atoms with Crippen molar-refractivity contribution in [2.45, 2.75) is 19.8 Å². The molecule has 0 spiro atoms. The van der Waals surface area contributed by atoms with Crippen molar-refractivity contribution >= 4 is 17.3 Å². The van der Waals surface area contributed by atoms with Crippen molar-refractivity contribution < 1.29 is 18.4 Å². The Morgan fingerprint density at radius 1 is 0.800 bits per heavy atom. The van der Waals surface area contributed by atoms with Gasteiger partial charge in [0.05, 0.1) is 24.2 Å². The van der Waals surface area contributed by atoms with E-state index in [1.54, 1.807) is 6.92 Å². The first kappa shape index (κ1) is 19.4. The Bertz CT molecular complexity index is 1250. The SMILES string of the molecule is Cc1nnc2nc(CC(=O)c3ccc(F)cc3)c(CC(=O)c3ccc(F)cc3)nn12. The standard InChI is InChI=1S/C21H15F2N5O2/c1-12-25-26-21-24-17(10-19(29)13-2-6-15(22)7-3-13)18(27-28(12)21)11-20(30)14-4-8-16(23)9-5-14/h2-9H,10-11H2,1H3. The van der Waals surface area contributed by atoms with Crippen molar-refractivity contribution in [2.75, 3.05) is 0 Å². The summed E-state index contributed by atoms with van der Waals surface area (Å²) >= 11 is 0. The summed E-state index contributed by atoms with van der Waals surface area (Å²) in [5, 5.41) is 12.2. The first-order chi connectivity index (χ1) is 14.4. The number of hydrogen-bond acceptors (Lipinski definition) is 6. The van der Waals surface area contributed by atoms with E-state index < -0.39 is 11.6 Å². The Morgan fingerprint density at radius 3 is 1.83 bits per heavy atom. The normalized spacial score (nSPS) is 11.0. The highest BCUT2D eigenvalue weighted by Gasteiger charge is 2.19. The third kappa shape index (κ3) is 3.95. The van der Waals surface area contributed by atoms with Gasteiger partial charge in [0, 0.05) is 11.1 Å². The van der Waals surface area contributed by atoms with Crippen molar-refractivity contribution in [3.8, 4) is 0 Å². The number of carbonyl (C=O) groups is 2. The molecule has 4 rings (SSSR count). The number of halogens is 2. The predicted octanol–water partition coefficient (Wildman–Crippen LogP) is 2.96. The Hall–Kier alpha value is -3.88. The van der Waals surface area contributed by atoms with Gasteiger partial charge < -0.3 is 0 Å². The maximum Gasteiger partial charge on any atom is 0.272 e. The summed E-state index contributed by atoms with van der Waals surface area (Å²) in [5.41, 5.74) is 1.19. The number of nitrogens with zero attached hydrogens (tertiary/aromatic N) is 5. The van der Waals surface area contributed by atoms with Crippen molar-refractivity contribution in [2.24, 2.45) is 0 Å². The fourth-order valence-electron chi connectivity index (χ4n) is 2.96. The van der Waals surface area contributed by atoms with Crippen LogP contribution in [-0.2, 0) is 12.8 Å². The molecule has 150 valence electrons. The molecule has 0 fully saturated rings. The lowest BCUT2D eigenvalue weighted by atomic mass is 10.0. The fourth-order valence-corrected chi connectivity index (χ4v) is 2.96. The van der Waals surface area contributed by atoms with E-state index in [0.717, 1.165) is 0 Å². The van der Waals surface area contributed by atoms with Gasteiger partial charge >= 0.3 is 0 Å². The van der Waals surface area contributed by atoms with E-state index in [-0.39, 0.29) is 41.6 Å². The summed E-state index contributed by atoms with van der Waals surface area (Å²) in [7, 11) is 0. The zero-order chi connectivity index (χ0) is 21.3. The number of ketones is 2. The molecule has 2 heterocycles. The fraction of sp³-hybridized carbons (Fsp3) is 0.143. The van der Waals surface area contributed by atoms with Crippen LogP contribution in [-0.4, -0.2) is 36.4 Å². The molecule has 0 saturated carbocycles. The van der Waals surface area contributed by atoms with Crippen LogP contribution in [0.3, 0.4) is 0 Å². The van der Waals surface area contributed by atoms with Crippen LogP contribution in [0.25, 0.3) is 5.78 Å². The molecular formula is C21H15F2N5O2. The molecule has 30 heavy (non-hydrogen) atoms. The maximum absolute atomic E-state index is 13.1. The Kier molecular flexibility index (Phi) is 5.09. The predicted molar refractivity (Wildman–Crippen MR) is 102 cm³/mol. The van der Waals surface area contributed by atoms with Gasteiger partial charge in [-0.3, -0.25) is 9.59 Å². The molecule has 4 aromatic rings. The van der Waals surface area contributed by atoms with E-state index in [2.05, 4.69) is 20.3 Å². The van der Waals surface area contributed by atoms with Gasteiger partial charge in [-0.15, -0.1) is 10.2 Å². The Labute approximate surface area is 169 Å². The number of aryl methyl sites for hydroxylation is 1. The molecule has 0 aliphatic heterocycles. The van der Waals surface area contributed by atoms with Crippen LogP contribution in [0.2, 0.25) is 0 Å². The number of aromatic nitrogens is 5. The molecular weight excluding hydrogens is 392 g/mol. The lowest BCUT2D eigenvalue weighted by Crippen LogP contribution is -2.16. The van der Waals surface area contributed by atoms with E-state index >= 15 is 0 Å². The minimum atomic E-state index is -0.447. The molecule has 9 heteroatoms. The lowest BCUT2D eigenvalue weighted by molar-refractivity contribution is 0.0976. The topological polar surface area (TPSA) is 90.1 Å². The van der Waals surface area contributed by atoms with Crippen LogP contribution in [0.1, 0.15) is 37.9 Å². The average Bonchev–Trinajstić information content (AvgIpc) is 3.09. The third-order valence-electron chi connectivity index (χ3n) is 4.56. The summed E-state index contributed by atoms with van der Waals surface area (Å²) < 4.78 is 27.7. The molecule has 0 amide bonds. The number of fused-ring (bicyclic) bond motifs is 1. The van der Waals surface area contributed by atoms with Crippen LogP contribution < -0.4 is 0 Å². The van der Waals surface area contributed by atoms with Gasteiger partial charge in [0.25, 0.3) is 5.78 Å². The van der Waals surface area contributed by atoms with Crippen LogP contribution in [0.15, 0.2) is 48.5 Å². The molecule has 0 N–H and O–H groups in total. The highest BCUT2D eigenvalue weighted by Crippen LogP contribution is 2.15. The number of carbonyl (C=O) groups excluding carboxylic acids is 2. The Balaban J connectivity index is 1.68. The first-order valence-corrected chi connectivity index (χ1v) is 9.06. The number of hydrogen-bond donors (Lipinski definition) is 0. The number of Topliss-reactive ketones (excluding diaryl/α,β-unsaturated/α-hetero) is 2. The third-order valence-corrected chi connectivity index (χ3v) is 4.56. The lowest BCUT2D eigenvalue weighted by Gasteiger charge is -2.08. The number of rotatable bonds is 6. The van der Waals surface area contributed by atoms with E-state index in [4.69, 9.17) is 0 Å². The van der Waals surface area contributed by atoms with Gasteiger partial charge in [0.1, 0.15) is 11.6 Å². The maximum atomic E-state index is 13.1. The minimum absolute atomic E-state index is 0.141. The van der Waals surface area contributed by atoms with Gasteiger partial charge in [0.15, 0.2) is 17.4 Å². The van der Waals surface area contributed by atoms with Gasteiger partial charge in [-0.05, 0) is 55.5 Å². The van der Waals surface area contributed by atoms with E-state index in [1.807, 2.05) is 0 Å². The van der Waals surface area contributed by atoms with E-state index in [1.165, 1.54) is 53.0 Å². The zero-order valence-electron chi connectivity index (χ0n) is 15.8. The van der Waals surface area contributed by atoms with Gasteiger partial charge in [-0.1, -0.05) is 0 Å². The summed E-state index contributed by atoms with van der Waals surface area (Å²) in [6, 6.07) is 10.3. The molecule has 0 aliphatic carbocycles. The van der Waals surface area contributed by atoms with Crippen molar-refractivity contribution in [3.05, 3.63) is 88.5 Å². The smallest absolute Gasteiger partial charge is 0.272 e. The minimum Gasteiger partial charge on any atom is -0.294 e. The molecule has 0 atom stereocenters. The zero-order valence-corrected chi connectivity index (χ0v) is 15.8. The second-order valence-corrected chi connectivity index (χ2v) is 6.68. The highest BCUT2D eigenvalue weighted by atomic mass is 19.1. The van der Waals surface area contributed by atoms with Crippen molar-refractivity contribution in [3.63, 3.8) is 0 Å². The average molecular weight is 407 g/mol. The summed E-state index contributed by atoms with van der Waals surface area (Å²) in [5.74, 6) is -0.822. The quantitative estimate of drug-likeness (QED) is 0.457.